The number of nitrogens with one attached hydrogen (secondary N) is 8. The first-order chi connectivity index (χ1) is 29.1. The Hall–Kier alpha value is -6.86. The monoisotopic (exact) mass is 892 g/mol. The van der Waals surface area contributed by atoms with Crippen molar-refractivity contribution in [1.29, 1.82) is 0 Å². The summed E-state index contributed by atoms with van der Waals surface area (Å²) in [6.07, 6.45) is 0.483. The summed E-state index contributed by atoms with van der Waals surface area (Å²) in [6, 6.07) is 38.8. The zero-order valence-corrected chi connectivity index (χ0v) is 35.9. The maximum atomic E-state index is 13.3. The van der Waals surface area contributed by atoms with E-state index >= 15 is 0 Å². The molecule has 0 heterocycles. The molecule has 0 aromatic heterocycles. The van der Waals surface area contributed by atoms with Gasteiger partial charge in [0, 0.05) is 22.7 Å². The first-order valence-corrected chi connectivity index (χ1v) is 22.2. The number of anilines is 6. The Balaban J connectivity index is 0.986. The second kappa shape index (κ2) is 19.5. The molecule has 0 radical (unpaired) electrons. The van der Waals surface area contributed by atoms with Crippen LogP contribution in [-0.2, 0) is 26.5 Å². The van der Waals surface area contributed by atoms with E-state index in [1.807, 2.05) is 71.8 Å². The van der Waals surface area contributed by atoms with E-state index in [1.54, 1.807) is 60.7 Å². The number of carbonyl (C=O) groups excluding carboxylic acids is 2. The zero-order chi connectivity index (χ0) is 43.6. The van der Waals surface area contributed by atoms with Crippen LogP contribution in [-0.4, -0.2) is 39.1 Å². The van der Waals surface area contributed by atoms with E-state index in [1.165, 1.54) is 36.4 Å². The standard InChI is InChI=1S/C43H40N8O6S4/c1-28-11-19-34(20-12-28)46-42(58)48-36-7-3-5-9-38(36)60(54,55)50-40(52)44-32-23-15-30(16-24-32)27-31-17-25-33(26-18-31)45-41(53)51-61(56,57)39-10-6-4-8-37(39)49-43(59)47-35-21-13-29(2)14-22-35/h3-26H,27H2,1-2H3,(H2,44,50,52)(H2,45,51,53)(H2,46,48,58)(H2,47,49,59). The predicted octanol–water partition coefficient (Wildman–Crippen LogP) is 8.53. The lowest BCUT2D eigenvalue weighted by atomic mass is 10.0. The molecule has 0 unspecified atom stereocenters. The molecule has 8 N–H and O–H groups in total. The molecule has 0 saturated heterocycles. The van der Waals surface area contributed by atoms with Crippen LogP contribution in [0.1, 0.15) is 22.3 Å². The van der Waals surface area contributed by atoms with Crippen LogP contribution in [0.2, 0.25) is 0 Å². The first kappa shape index (κ1) is 43.7. The zero-order valence-electron chi connectivity index (χ0n) is 32.6. The highest BCUT2D eigenvalue weighted by molar-refractivity contribution is 7.90. The Labute approximate surface area is 364 Å². The normalized spacial score (nSPS) is 11.0. The van der Waals surface area contributed by atoms with Crippen LogP contribution in [0.25, 0.3) is 0 Å². The molecule has 61 heavy (non-hydrogen) atoms. The van der Waals surface area contributed by atoms with Crippen LogP contribution >= 0.6 is 24.4 Å². The lowest BCUT2D eigenvalue weighted by Gasteiger charge is -2.15. The van der Waals surface area contributed by atoms with Crippen LogP contribution in [0.15, 0.2) is 155 Å². The third kappa shape index (κ3) is 12.6. The lowest BCUT2D eigenvalue weighted by Crippen LogP contribution is -2.35. The first-order valence-electron chi connectivity index (χ1n) is 18.4. The molecule has 0 fully saturated rings. The summed E-state index contributed by atoms with van der Waals surface area (Å²) in [5.41, 5.74) is 6.40. The molecule has 6 aromatic carbocycles. The minimum absolute atomic E-state index is 0.167. The number of carbonyl (C=O) groups is 2. The fraction of sp³-hybridized carbons (Fsp3) is 0.0698. The lowest BCUT2D eigenvalue weighted by molar-refractivity contribution is 0.255. The summed E-state index contributed by atoms with van der Waals surface area (Å²) >= 11 is 10.8. The molecule has 14 nitrogen and oxygen atoms in total. The number of rotatable bonds is 12. The van der Waals surface area contributed by atoms with E-state index in [0.29, 0.717) is 17.8 Å². The topological polar surface area (TPSA) is 199 Å². The van der Waals surface area contributed by atoms with Gasteiger partial charge in [-0.2, -0.15) is 0 Å². The molecule has 6 rings (SSSR count). The van der Waals surface area contributed by atoms with Gasteiger partial charge in [0.1, 0.15) is 9.79 Å². The molecular formula is C43H40N8O6S4. The molecule has 0 aliphatic carbocycles. The average molecular weight is 893 g/mol. The van der Waals surface area contributed by atoms with Gasteiger partial charge >= 0.3 is 12.1 Å². The molecule has 4 amide bonds. The highest BCUT2D eigenvalue weighted by atomic mass is 32.2. The van der Waals surface area contributed by atoms with Gasteiger partial charge in [0.05, 0.1) is 11.4 Å². The minimum Gasteiger partial charge on any atom is -0.332 e. The van der Waals surface area contributed by atoms with E-state index in [9.17, 15) is 26.4 Å². The molecule has 0 saturated carbocycles. The van der Waals surface area contributed by atoms with E-state index in [0.717, 1.165) is 33.6 Å². The van der Waals surface area contributed by atoms with Gasteiger partial charge in [0.15, 0.2) is 10.2 Å². The van der Waals surface area contributed by atoms with Gasteiger partial charge in [0.2, 0.25) is 0 Å². The number of para-hydroxylation sites is 2. The number of hydrogen-bond donors (Lipinski definition) is 8. The molecular weight excluding hydrogens is 853 g/mol. The van der Waals surface area contributed by atoms with Crippen molar-refractivity contribution < 1.29 is 26.4 Å². The molecule has 0 atom stereocenters. The van der Waals surface area contributed by atoms with Gasteiger partial charge in [-0.25, -0.2) is 35.9 Å². The van der Waals surface area contributed by atoms with Crippen LogP contribution in [0.4, 0.5) is 43.7 Å². The van der Waals surface area contributed by atoms with Crippen molar-refractivity contribution in [2.75, 3.05) is 31.9 Å². The largest absolute Gasteiger partial charge is 0.333 e. The van der Waals surface area contributed by atoms with E-state index in [4.69, 9.17) is 24.4 Å². The average Bonchev–Trinajstić information content (AvgIpc) is 3.21. The van der Waals surface area contributed by atoms with Crippen molar-refractivity contribution in [3.05, 3.63) is 168 Å². The van der Waals surface area contributed by atoms with Crippen molar-refractivity contribution in [3.8, 4) is 0 Å². The molecule has 0 aliphatic heterocycles. The van der Waals surface area contributed by atoms with Gasteiger partial charge in [-0.3, -0.25) is 0 Å². The Morgan fingerprint density at radius 2 is 0.738 bits per heavy atom. The van der Waals surface area contributed by atoms with Crippen LogP contribution in [0.5, 0.6) is 0 Å². The predicted molar refractivity (Wildman–Crippen MR) is 249 cm³/mol. The number of hydrogen-bond acceptors (Lipinski definition) is 8. The fourth-order valence-corrected chi connectivity index (χ4v) is 8.36. The molecule has 0 bridgehead atoms. The summed E-state index contributed by atoms with van der Waals surface area (Å²) in [7, 11) is -8.63. The number of aryl methyl sites for hydroxylation is 2. The number of urea groups is 2. The number of benzene rings is 6. The van der Waals surface area contributed by atoms with E-state index in [-0.39, 0.29) is 31.4 Å². The molecule has 312 valence electrons. The molecule has 0 aliphatic rings. The third-order valence-corrected chi connectivity index (χ3v) is 11.9. The second-order valence-corrected chi connectivity index (χ2v) is 17.7. The summed E-state index contributed by atoms with van der Waals surface area (Å²) < 4.78 is 57.1. The molecule has 6 aromatic rings. The van der Waals surface area contributed by atoms with Crippen molar-refractivity contribution in [3.63, 3.8) is 0 Å². The van der Waals surface area contributed by atoms with E-state index < -0.39 is 32.1 Å². The van der Waals surface area contributed by atoms with Gasteiger partial charge in [-0.05, 0) is 129 Å². The Kier molecular flexibility index (Phi) is 14.0. The molecule has 18 heteroatoms. The van der Waals surface area contributed by atoms with Gasteiger partial charge < -0.3 is 31.9 Å². The Morgan fingerprint density at radius 3 is 1.10 bits per heavy atom. The van der Waals surface area contributed by atoms with Crippen LogP contribution in [0.3, 0.4) is 0 Å². The van der Waals surface area contributed by atoms with Gasteiger partial charge in [0.25, 0.3) is 20.0 Å². The highest BCUT2D eigenvalue weighted by Crippen LogP contribution is 2.24. The Morgan fingerprint density at radius 1 is 0.426 bits per heavy atom. The maximum absolute atomic E-state index is 13.3. The number of thiocarbonyl (C=S) groups is 2. The van der Waals surface area contributed by atoms with Crippen LogP contribution in [0, 0.1) is 13.8 Å². The fourth-order valence-electron chi connectivity index (χ4n) is 5.77. The summed E-state index contributed by atoms with van der Waals surface area (Å²) in [5, 5.41) is 17.2. The third-order valence-electron chi connectivity index (χ3n) is 8.75. The molecule has 0 spiro atoms. The number of amides is 4. The SMILES string of the molecule is Cc1ccc(NC(=S)Nc2ccccc2S(=O)(=O)NC(=O)Nc2ccc(Cc3ccc(NC(=O)NS(=O)(=O)c4ccccc4NC(=S)Nc4ccc(C)cc4)cc3)cc2)cc1. The van der Waals surface area contributed by atoms with Crippen molar-refractivity contribution in [2.24, 2.45) is 0 Å². The smallest absolute Gasteiger partial charge is 0.332 e. The summed E-state index contributed by atoms with van der Waals surface area (Å²) in [4.78, 5) is 25.3. The van der Waals surface area contributed by atoms with Crippen LogP contribution < -0.4 is 41.3 Å². The van der Waals surface area contributed by atoms with Crippen molar-refractivity contribution in [2.45, 2.75) is 30.1 Å². The maximum Gasteiger partial charge on any atom is 0.333 e. The quantitative estimate of drug-likeness (QED) is 0.0546. The van der Waals surface area contributed by atoms with Gasteiger partial charge in [-0.15, -0.1) is 0 Å². The van der Waals surface area contributed by atoms with Gasteiger partial charge in [-0.1, -0.05) is 83.9 Å². The van der Waals surface area contributed by atoms with Crippen molar-refractivity contribution in [1.82, 2.24) is 9.44 Å². The minimum atomic E-state index is -4.31. The number of sulfonamides is 2. The summed E-state index contributed by atoms with van der Waals surface area (Å²) in [5.74, 6) is 0. The highest BCUT2D eigenvalue weighted by Gasteiger charge is 2.23. The second-order valence-electron chi connectivity index (χ2n) is 13.6. The summed E-state index contributed by atoms with van der Waals surface area (Å²) in [6.45, 7) is 3.92. The van der Waals surface area contributed by atoms with Crippen molar-refractivity contribution >= 4 is 101 Å². The Bertz CT molecular complexity index is 2590. The van der Waals surface area contributed by atoms with E-state index in [2.05, 4.69) is 31.9 Å².